The molecule has 1 N–H and O–H groups in total. The van der Waals surface area contributed by atoms with Crippen molar-refractivity contribution in [1.82, 2.24) is 0 Å². The number of hydrogen-bond donors (Lipinski definition) is 1. The van der Waals surface area contributed by atoms with Gasteiger partial charge in [-0.1, -0.05) is 17.7 Å². The van der Waals surface area contributed by atoms with E-state index in [4.69, 9.17) is 14.2 Å². The van der Waals surface area contributed by atoms with Gasteiger partial charge in [0.25, 0.3) is 5.91 Å². The van der Waals surface area contributed by atoms with Gasteiger partial charge in [0.2, 0.25) is 0 Å². The Morgan fingerprint density at radius 3 is 2.59 bits per heavy atom. The fraction of sp³-hybridized carbons (Fsp3) is 0.235. The molecule has 5 heteroatoms. The highest BCUT2D eigenvalue weighted by Gasteiger charge is 2.12. The smallest absolute Gasteiger partial charge is 0.262 e. The van der Waals surface area contributed by atoms with Crippen LogP contribution in [0.2, 0.25) is 0 Å². The number of carbonyl (C=O) groups is 1. The van der Waals surface area contributed by atoms with Crippen molar-refractivity contribution in [2.24, 2.45) is 0 Å². The molecule has 0 saturated heterocycles. The average molecular weight is 299 g/mol. The second-order valence-corrected chi connectivity index (χ2v) is 5.01. The Hall–Kier alpha value is -2.69. The molecule has 3 rings (SSSR count). The Morgan fingerprint density at radius 2 is 1.82 bits per heavy atom. The van der Waals surface area contributed by atoms with E-state index in [1.807, 2.05) is 31.2 Å². The van der Waals surface area contributed by atoms with E-state index in [1.165, 1.54) is 0 Å². The van der Waals surface area contributed by atoms with Crippen molar-refractivity contribution in [3.63, 3.8) is 0 Å². The molecule has 22 heavy (non-hydrogen) atoms. The number of aryl methyl sites for hydroxylation is 1. The van der Waals surface area contributed by atoms with E-state index < -0.39 is 0 Å². The molecular weight excluding hydrogens is 282 g/mol. The van der Waals surface area contributed by atoms with Crippen LogP contribution < -0.4 is 19.5 Å². The molecule has 0 radical (unpaired) electrons. The summed E-state index contributed by atoms with van der Waals surface area (Å²) >= 11 is 0. The number of hydrogen-bond acceptors (Lipinski definition) is 4. The molecule has 0 spiro atoms. The molecule has 5 nitrogen and oxygen atoms in total. The summed E-state index contributed by atoms with van der Waals surface area (Å²) in [5.74, 6) is 1.78. The second-order valence-electron chi connectivity index (χ2n) is 5.01. The van der Waals surface area contributed by atoms with E-state index in [2.05, 4.69) is 5.32 Å². The summed E-state index contributed by atoms with van der Waals surface area (Å²) in [6, 6.07) is 12.9. The summed E-state index contributed by atoms with van der Waals surface area (Å²) < 4.78 is 16.4. The fourth-order valence-electron chi connectivity index (χ4n) is 2.10. The van der Waals surface area contributed by atoms with E-state index in [-0.39, 0.29) is 12.5 Å². The van der Waals surface area contributed by atoms with Crippen LogP contribution in [0.4, 0.5) is 5.69 Å². The van der Waals surface area contributed by atoms with Gasteiger partial charge in [0.1, 0.15) is 19.0 Å². The molecule has 2 aromatic rings. The van der Waals surface area contributed by atoms with Crippen LogP contribution in [0.3, 0.4) is 0 Å². The summed E-state index contributed by atoms with van der Waals surface area (Å²) in [5, 5.41) is 2.77. The Kier molecular flexibility index (Phi) is 4.14. The van der Waals surface area contributed by atoms with E-state index in [1.54, 1.807) is 18.2 Å². The molecule has 0 fully saturated rings. The van der Waals surface area contributed by atoms with Gasteiger partial charge in [-0.05, 0) is 31.2 Å². The highest BCUT2D eigenvalue weighted by molar-refractivity contribution is 5.92. The Morgan fingerprint density at radius 1 is 1.09 bits per heavy atom. The molecule has 1 heterocycles. The van der Waals surface area contributed by atoms with Gasteiger partial charge in [-0.2, -0.15) is 0 Å². The standard InChI is InChI=1S/C17H17NO4/c1-12-2-5-14(6-3-12)22-11-17(19)18-13-4-7-15-16(10-13)21-9-8-20-15/h2-7,10H,8-9,11H2,1H3,(H,18,19). The minimum Gasteiger partial charge on any atom is -0.486 e. The summed E-state index contributed by atoms with van der Waals surface area (Å²) in [7, 11) is 0. The van der Waals surface area contributed by atoms with Gasteiger partial charge >= 0.3 is 0 Å². The third-order valence-electron chi connectivity index (χ3n) is 3.22. The lowest BCUT2D eigenvalue weighted by Gasteiger charge is -2.19. The lowest BCUT2D eigenvalue weighted by Crippen LogP contribution is -2.20. The number of anilines is 1. The van der Waals surface area contributed by atoms with Gasteiger partial charge in [0.05, 0.1) is 0 Å². The van der Waals surface area contributed by atoms with Crippen LogP contribution in [0.25, 0.3) is 0 Å². The van der Waals surface area contributed by atoms with Crippen molar-refractivity contribution < 1.29 is 19.0 Å². The quantitative estimate of drug-likeness (QED) is 0.943. The molecule has 0 aromatic heterocycles. The first kappa shape index (κ1) is 14.3. The minimum atomic E-state index is -0.225. The molecule has 0 aliphatic carbocycles. The fourth-order valence-corrected chi connectivity index (χ4v) is 2.10. The van der Waals surface area contributed by atoms with Crippen molar-refractivity contribution in [1.29, 1.82) is 0 Å². The molecule has 0 atom stereocenters. The SMILES string of the molecule is Cc1ccc(OCC(=O)Nc2ccc3c(c2)OCCO3)cc1. The third-order valence-corrected chi connectivity index (χ3v) is 3.22. The first-order valence-corrected chi connectivity index (χ1v) is 7.10. The second kappa shape index (κ2) is 6.39. The average Bonchev–Trinajstić information content (AvgIpc) is 2.54. The maximum absolute atomic E-state index is 11.9. The van der Waals surface area contributed by atoms with Crippen LogP contribution in [-0.4, -0.2) is 25.7 Å². The van der Waals surface area contributed by atoms with Gasteiger partial charge in [0, 0.05) is 11.8 Å². The van der Waals surface area contributed by atoms with E-state index in [0.717, 1.165) is 5.56 Å². The van der Waals surface area contributed by atoms with Gasteiger partial charge < -0.3 is 19.5 Å². The third kappa shape index (κ3) is 3.49. The van der Waals surface area contributed by atoms with Crippen LogP contribution in [0.15, 0.2) is 42.5 Å². The molecule has 1 amide bonds. The number of benzene rings is 2. The Balaban J connectivity index is 1.56. The topological polar surface area (TPSA) is 56.8 Å². The van der Waals surface area contributed by atoms with E-state index in [9.17, 15) is 4.79 Å². The zero-order valence-electron chi connectivity index (χ0n) is 12.3. The summed E-state index contributed by atoms with van der Waals surface area (Å²) in [6.07, 6.45) is 0. The van der Waals surface area contributed by atoms with Crippen LogP contribution >= 0.6 is 0 Å². The summed E-state index contributed by atoms with van der Waals surface area (Å²) in [6.45, 7) is 3.01. The predicted octanol–water partition coefficient (Wildman–Crippen LogP) is 2.78. The number of nitrogens with one attached hydrogen (secondary N) is 1. The van der Waals surface area contributed by atoms with Gasteiger partial charge in [-0.15, -0.1) is 0 Å². The summed E-state index contributed by atoms with van der Waals surface area (Å²) in [4.78, 5) is 11.9. The molecule has 0 bridgehead atoms. The van der Waals surface area contributed by atoms with E-state index >= 15 is 0 Å². The van der Waals surface area contributed by atoms with Gasteiger partial charge in [-0.25, -0.2) is 0 Å². The molecule has 1 aliphatic rings. The van der Waals surface area contributed by atoms with Gasteiger partial charge in [0.15, 0.2) is 18.1 Å². The van der Waals surface area contributed by atoms with Gasteiger partial charge in [-0.3, -0.25) is 4.79 Å². The van der Waals surface area contributed by atoms with Crippen molar-refractivity contribution >= 4 is 11.6 Å². The predicted molar refractivity (Wildman–Crippen MR) is 82.7 cm³/mol. The Labute approximate surface area is 128 Å². The normalized spacial score (nSPS) is 12.6. The Bertz CT molecular complexity index is 667. The molecule has 2 aromatic carbocycles. The van der Waals surface area contributed by atoms with E-state index in [0.29, 0.717) is 36.1 Å². The molecule has 114 valence electrons. The highest BCUT2D eigenvalue weighted by Crippen LogP contribution is 2.32. The first-order valence-electron chi connectivity index (χ1n) is 7.10. The lowest BCUT2D eigenvalue weighted by atomic mass is 10.2. The zero-order valence-corrected chi connectivity index (χ0v) is 12.3. The zero-order chi connectivity index (χ0) is 15.4. The van der Waals surface area contributed by atoms with Crippen LogP contribution in [0.5, 0.6) is 17.2 Å². The van der Waals surface area contributed by atoms with Crippen LogP contribution in [0, 0.1) is 6.92 Å². The molecule has 1 aliphatic heterocycles. The number of amides is 1. The number of rotatable bonds is 4. The van der Waals surface area contributed by atoms with Crippen LogP contribution in [0.1, 0.15) is 5.56 Å². The van der Waals surface area contributed by atoms with Crippen molar-refractivity contribution in [3.05, 3.63) is 48.0 Å². The number of ether oxygens (including phenoxy) is 3. The lowest BCUT2D eigenvalue weighted by molar-refractivity contribution is -0.118. The number of fused-ring (bicyclic) bond motifs is 1. The number of carbonyl (C=O) groups excluding carboxylic acids is 1. The van der Waals surface area contributed by atoms with Crippen molar-refractivity contribution in [2.45, 2.75) is 6.92 Å². The molecule has 0 unspecified atom stereocenters. The molecular formula is C17H17NO4. The van der Waals surface area contributed by atoms with Crippen molar-refractivity contribution in [2.75, 3.05) is 25.1 Å². The minimum absolute atomic E-state index is 0.0441. The summed E-state index contributed by atoms with van der Waals surface area (Å²) in [5.41, 5.74) is 1.80. The van der Waals surface area contributed by atoms with Crippen LogP contribution in [-0.2, 0) is 4.79 Å². The highest BCUT2D eigenvalue weighted by atomic mass is 16.6. The maximum atomic E-state index is 11.9. The maximum Gasteiger partial charge on any atom is 0.262 e. The largest absolute Gasteiger partial charge is 0.486 e. The first-order chi connectivity index (χ1) is 10.7. The van der Waals surface area contributed by atoms with Crippen molar-refractivity contribution in [3.8, 4) is 17.2 Å². The monoisotopic (exact) mass is 299 g/mol. The molecule has 0 saturated carbocycles.